The summed E-state index contributed by atoms with van der Waals surface area (Å²) in [6.45, 7) is 1.89. The van der Waals surface area contributed by atoms with E-state index in [0.29, 0.717) is 28.3 Å². The third-order valence-corrected chi connectivity index (χ3v) is 8.50. The number of aliphatic hydroxyl groups is 1. The van der Waals surface area contributed by atoms with Crippen molar-refractivity contribution in [1.29, 1.82) is 0 Å². The van der Waals surface area contributed by atoms with E-state index >= 15 is 8.78 Å². The summed E-state index contributed by atoms with van der Waals surface area (Å²) >= 11 is 0. The first-order valence-corrected chi connectivity index (χ1v) is 15.9. The van der Waals surface area contributed by atoms with Crippen LogP contribution in [-0.2, 0) is 36.1 Å². The lowest BCUT2D eigenvalue weighted by molar-refractivity contribution is -0.123. The van der Waals surface area contributed by atoms with Crippen LogP contribution < -0.4 is 10.6 Å². The van der Waals surface area contributed by atoms with Gasteiger partial charge in [0, 0.05) is 36.6 Å². The maximum Gasteiger partial charge on any atom is 0.290 e. The number of rotatable bonds is 8. The summed E-state index contributed by atoms with van der Waals surface area (Å²) < 4.78 is 116. The number of benzene rings is 2. The topological polar surface area (TPSA) is 109 Å². The number of alkyl halides is 6. The fraction of sp³-hybridized carbons (Fsp3) is 0.333. The molecule has 2 aromatic carbocycles. The van der Waals surface area contributed by atoms with Crippen LogP contribution in [0.15, 0.2) is 48.5 Å². The zero-order valence-corrected chi connectivity index (χ0v) is 27.4. The zero-order valence-electron chi connectivity index (χ0n) is 27.4. The van der Waals surface area contributed by atoms with Gasteiger partial charge in [-0.3, -0.25) is 14.3 Å². The van der Waals surface area contributed by atoms with Crippen LogP contribution >= 0.6 is 0 Å². The molecule has 0 saturated heterocycles. The van der Waals surface area contributed by atoms with Gasteiger partial charge in [0.2, 0.25) is 5.91 Å². The highest BCUT2D eigenvalue weighted by atomic mass is 19.3. The Bertz CT molecular complexity index is 2130. The van der Waals surface area contributed by atoms with Gasteiger partial charge in [0.05, 0.1) is 17.3 Å². The Kier molecular flexibility index (Phi) is 9.37. The molecule has 3 heterocycles. The van der Waals surface area contributed by atoms with Crippen molar-refractivity contribution < 1.29 is 49.8 Å². The molecule has 0 saturated carbocycles. The number of hydrogen-bond acceptors (Lipinski definition) is 5. The molecule has 2 aromatic heterocycles. The number of nitrogens with zero attached hydrogens (tertiary/aromatic N) is 3. The van der Waals surface area contributed by atoms with Crippen LogP contribution in [0, 0.1) is 23.5 Å². The summed E-state index contributed by atoms with van der Waals surface area (Å²) in [4.78, 5) is 30.7. The van der Waals surface area contributed by atoms with Crippen molar-refractivity contribution >= 4 is 11.8 Å². The van der Waals surface area contributed by atoms with E-state index in [1.165, 1.54) is 26.0 Å². The molecular formula is C36H29F8N5O3. The van der Waals surface area contributed by atoms with Crippen LogP contribution in [0.5, 0.6) is 0 Å². The van der Waals surface area contributed by atoms with Gasteiger partial charge < -0.3 is 15.7 Å². The van der Waals surface area contributed by atoms with Crippen molar-refractivity contribution in [2.24, 2.45) is 0 Å². The van der Waals surface area contributed by atoms with Gasteiger partial charge in [0.25, 0.3) is 24.2 Å². The van der Waals surface area contributed by atoms with Crippen LogP contribution in [0.25, 0.3) is 11.1 Å². The fourth-order valence-electron chi connectivity index (χ4n) is 6.25. The van der Waals surface area contributed by atoms with Crippen LogP contribution in [0.1, 0.15) is 89.0 Å². The summed E-state index contributed by atoms with van der Waals surface area (Å²) in [5, 5.41) is 18.7. The highest BCUT2D eigenvalue weighted by Gasteiger charge is 2.55. The quantitative estimate of drug-likeness (QED) is 0.140. The lowest BCUT2D eigenvalue weighted by Crippen LogP contribution is -2.37. The summed E-state index contributed by atoms with van der Waals surface area (Å²) in [5.41, 5.74) is -4.38. The number of amides is 2. The molecule has 0 bridgehead atoms. The Morgan fingerprint density at radius 1 is 1.00 bits per heavy atom. The standard InChI is InChI=1S/C36H29F8N5O3/c1-34(2,52)8-7-23-5-6-24(19-3-4-20-16-45-33(51)25(20)14-19)29(46-23)26(13-18-11-21(37)15-22(38)12-18)47-27(50)17-49-31-28(30(48-49)32(39)40)35(41,42)9-10-36(31,43)44/h3-6,11-12,14-15,26,32,52H,9-10,13,16-17H2,1-2H3,(H,45,51)(H,47,50)/t26-/m0/s1. The third-order valence-electron chi connectivity index (χ3n) is 8.50. The van der Waals surface area contributed by atoms with Crippen LogP contribution in [0.2, 0.25) is 0 Å². The summed E-state index contributed by atoms with van der Waals surface area (Å²) in [7, 11) is 0. The van der Waals surface area contributed by atoms with E-state index in [-0.39, 0.29) is 40.5 Å². The Hall–Kier alpha value is -5.30. The molecule has 1 aliphatic carbocycles. The molecule has 3 N–H and O–H groups in total. The predicted octanol–water partition coefficient (Wildman–Crippen LogP) is 6.60. The Labute approximate surface area is 291 Å². The van der Waals surface area contributed by atoms with E-state index < -0.39 is 83.8 Å². The normalized spacial score (nSPS) is 16.4. The van der Waals surface area contributed by atoms with Gasteiger partial charge in [-0.2, -0.15) is 13.9 Å². The number of fused-ring (bicyclic) bond motifs is 2. The van der Waals surface area contributed by atoms with Crippen LogP contribution in [0.4, 0.5) is 35.1 Å². The molecular weight excluding hydrogens is 702 g/mol. The minimum Gasteiger partial charge on any atom is -0.378 e. The number of carbonyl (C=O) groups excluding carboxylic acids is 2. The van der Waals surface area contributed by atoms with Gasteiger partial charge in [0.15, 0.2) is 0 Å². The number of pyridine rings is 1. The smallest absolute Gasteiger partial charge is 0.290 e. The second kappa shape index (κ2) is 13.4. The first-order valence-electron chi connectivity index (χ1n) is 15.9. The van der Waals surface area contributed by atoms with Crippen LogP contribution in [-0.4, -0.2) is 37.3 Å². The monoisotopic (exact) mass is 731 g/mol. The minimum atomic E-state index is -4.07. The molecule has 4 aromatic rings. The van der Waals surface area contributed by atoms with Gasteiger partial charge in [-0.05, 0) is 73.2 Å². The molecule has 8 nitrogen and oxygen atoms in total. The van der Waals surface area contributed by atoms with Gasteiger partial charge in [-0.25, -0.2) is 31.3 Å². The Morgan fingerprint density at radius 3 is 2.37 bits per heavy atom. The minimum absolute atomic E-state index is 0.000472. The van der Waals surface area contributed by atoms with Gasteiger partial charge in [0.1, 0.15) is 40.9 Å². The van der Waals surface area contributed by atoms with Crippen molar-refractivity contribution in [3.63, 3.8) is 0 Å². The van der Waals surface area contributed by atoms with Crippen molar-refractivity contribution in [3.8, 4) is 23.0 Å². The first-order chi connectivity index (χ1) is 24.3. The second-order valence-electron chi connectivity index (χ2n) is 13.1. The molecule has 1 aliphatic heterocycles. The summed E-state index contributed by atoms with van der Waals surface area (Å²) in [6.07, 6.45) is -6.85. The van der Waals surface area contributed by atoms with Gasteiger partial charge in [-0.15, -0.1) is 0 Å². The average Bonchev–Trinajstić information content (AvgIpc) is 3.63. The maximum atomic E-state index is 15.1. The lowest BCUT2D eigenvalue weighted by Gasteiger charge is -2.29. The molecule has 6 rings (SSSR count). The highest BCUT2D eigenvalue weighted by molar-refractivity contribution is 5.99. The van der Waals surface area contributed by atoms with E-state index in [9.17, 15) is 41.0 Å². The lowest BCUT2D eigenvalue weighted by atomic mass is 9.89. The van der Waals surface area contributed by atoms with E-state index in [1.54, 1.807) is 18.2 Å². The van der Waals surface area contributed by atoms with Gasteiger partial charge >= 0.3 is 0 Å². The highest BCUT2D eigenvalue weighted by Crippen LogP contribution is 2.52. The molecule has 0 fully saturated rings. The van der Waals surface area contributed by atoms with E-state index in [1.807, 2.05) is 0 Å². The Morgan fingerprint density at radius 2 is 1.69 bits per heavy atom. The van der Waals surface area contributed by atoms with Crippen molar-refractivity contribution in [2.75, 3.05) is 0 Å². The second-order valence-corrected chi connectivity index (χ2v) is 13.1. The van der Waals surface area contributed by atoms with Crippen molar-refractivity contribution in [3.05, 3.63) is 105 Å². The Balaban J connectivity index is 1.47. The largest absolute Gasteiger partial charge is 0.378 e. The SMILES string of the molecule is CC(C)(O)C#Cc1ccc(-c2ccc3c(c2)C(=O)NC3)c([C@H](Cc2cc(F)cc(F)c2)NC(=O)Cn2nc(C(F)F)c3c2C(F)(F)CCC3(F)F)n1. The van der Waals surface area contributed by atoms with E-state index in [4.69, 9.17) is 0 Å². The number of hydrogen-bond donors (Lipinski definition) is 3. The average molecular weight is 732 g/mol. The van der Waals surface area contributed by atoms with E-state index in [0.717, 1.165) is 12.1 Å². The molecule has 52 heavy (non-hydrogen) atoms. The van der Waals surface area contributed by atoms with Crippen LogP contribution in [0.3, 0.4) is 0 Å². The predicted molar refractivity (Wildman–Crippen MR) is 169 cm³/mol. The van der Waals surface area contributed by atoms with Gasteiger partial charge in [-0.1, -0.05) is 18.1 Å². The molecule has 272 valence electrons. The summed E-state index contributed by atoms with van der Waals surface area (Å²) in [5.74, 6) is -6.27. The molecule has 0 radical (unpaired) electrons. The van der Waals surface area contributed by atoms with Crippen molar-refractivity contribution in [1.82, 2.24) is 25.4 Å². The third kappa shape index (κ3) is 7.50. The maximum absolute atomic E-state index is 15.1. The molecule has 1 atom stereocenters. The number of carbonyl (C=O) groups is 2. The van der Waals surface area contributed by atoms with E-state index in [2.05, 4.69) is 32.6 Å². The van der Waals surface area contributed by atoms with Crippen molar-refractivity contribution in [2.45, 2.75) is 76.1 Å². The molecule has 2 aliphatic rings. The number of nitrogens with one attached hydrogen (secondary N) is 2. The zero-order chi connectivity index (χ0) is 37.7. The number of halogens is 8. The summed E-state index contributed by atoms with van der Waals surface area (Å²) in [6, 6.07) is 9.12. The first kappa shape index (κ1) is 36.5. The molecule has 2 amide bonds. The number of aromatic nitrogens is 3. The molecule has 0 spiro atoms. The molecule has 16 heteroatoms. The molecule has 0 unspecified atom stereocenters. The fourth-order valence-corrected chi connectivity index (χ4v) is 6.25.